The summed E-state index contributed by atoms with van der Waals surface area (Å²) in [6, 6.07) is 50.9. The summed E-state index contributed by atoms with van der Waals surface area (Å²) in [4.78, 5) is 0. The fourth-order valence-corrected chi connectivity index (χ4v) is 9.74. The predicted molar refractivity (Wildman–Crippen MR) is 199 cm³/mol. The zero-order valence-corrected chi connectivity index (χ0v) is 26.1. The molecule has 0 amide bonds. The van der Waals surface area contributed by atoms with Gasteiger partial charge in [0.2, 0.25) is 0 Å². The Morgan fingerprint density at radius 1 is 0.391 bits per heavy atom. The molecule has 4 aromatic heterocycles. The summed E-state index contributed by atoms with van der Waals surface area (Å²) in [7, 11) is 0. The maximum Gasteiger partial charge on any atom is 0.137 e. The van der Waals surface area contributed by atoms with Gasteiger partial charge in [-0.15, -0.1) is 22.7 Å². The van der Waals surface area contributed by atoms with E-state index in [4.69, 9.17) is 4.42 Å². The number of aromatic nitrogens is 1. The Morgan fingerprint density at radius 3 is 1.91 bits per heavy atom. The molecule has 0 radical (unpaired) electrons. The monoisotopic (exact) mass is 621 g/mol. The Bertz CT molecular complexity index is 3040. The van der Waals surface area contributed by atoms with Crippen LogP contribution in [0.25, 0.3) is 101 Å². The first-order valence-corrected chi connectivity index (χ1v) is 17.1. The van der Waals surface area contributed by atoms with E-state index in [9.17, 15) is 0 Å². The van der Waals surface area contributed by atoms with Crippen molar-refractivity contribution >= 4 is 107 Å². The van der Waals surface area contributed by atoms with E-state index in [1.807, 2.05) is 22.7 Å². The molecule has 0 aliphatic heterocycles. The number of furan rings is 1. The number of rotatable bonds is 2. The van der Waals surface area contributed by atoms with Crippen molar-refractivity contribution in [1.82, 2.24) is 4.57 Å². The lowest BCUT2D eigenvalue weighted by Gasteiger charge is -2.08. The van der Waals surface area contributed by atoms with Crippen molar-refractivity contribution in [3.8, 4) is 16.8 Å². The van der Waals surface area contributed by atoms with Gasteiger partial charge in [0, 0.05) is 73.6 Å². The summed E-state index contributed by atoms with van der Waals surface area (Å²) in [5.41, 5.74) is 7.70. The van der Waals surface area contributed by atoms with E-state index < -0.39 is 0 Å². The molecule has 0 spiro atoms. The van der Waals surface area contributed by atoms with Gasteiger partial charge in [0.15, 0.2) is 0 Å². The summed E-state index contributed by atoms with van der Waals surface area (Å²) in [6.45, 7) is 0. The van der Waals surface area contributed by atoms with Crippen LogP contribution in [0.2, 0.25) is 0 Å². The zero-order chi connectivity index (χ0) is 29.9. The van der Waals surface area contributed by atoms with Crippen LogP contribution in [0.15, 0.2) is 144 Å². The minimum absolute atomic E-state index is 0.900. The van der Waals surface area contributed by atoms with Gasteiger partial charge in [-0.1, -0.05) is 66.7 Å². The standard InChI is InChI=1S/C42H23NOS2/c1-4-10-33-30(8-1)41-34(18-20-40-42(41)31-9-3-6-12-38(31)46-40)43(33)26-15-17-28-27-16-13-25(22-35(27)44-36(28)23-26)24-14-19-39-32(21-24)29-7-2-5-11-37(29)45-39/h1-23H. The Morgan fingerprint density at radius 2 is 1.02 bits per heavy atom. The fraction of sp³-hybridized carbons (Fsp3) is 0. The van der Waals surface area contributed by atoms with Crippen LogP contribution in [-0.2, 0) is 0 Å². The van der Waals surface area contributed by atoms with Crippen LogP contribution in [0, 0.1) is 0 Å². The smallest absolute Gasteiger partial charge is 0.137 e. The van der Waals surface area contributed by atoms with Crippen molar-refractivity contribution in [2.45, 2.75) is 0 Å². The summed E-state index contributed by atoms with van der Waals surface area (Å²) >= 11 is 3.72. The molecule has 4 heteroatoms. The van der Waals surface area contributed by atoms with Gasteiger partial charge in [-0.3, -0.25) is 0 Å². The van der Waals surface area contributed by atoms with Crippen molar-refractivity contribution in [2.75, 3.05) is 0 Å². The second-order valence-electron chi connectivity index (χ2n) is 12.1. The van der Waals surface area contributed by atoms with Crippen molar-refractivity contribution in [3.63, 3.8) is 0 Å². The number of fused-ring (bicyclic) bond motifs is 13. The van der Waals surface area contributed by atoms with Gasteiger partial charge in [-0.2, -0.15) is 0 Å². The van der Waals surface area contributed by atoms with Gasteiger partial charge in [-0.05, 0) is 77.9 Å². The number of thiophene rings is 2. The summed E-state index contributed by atoms with van der Waals surface area (Å²) in [5.74, 6) is 0. The zero-order valence-electron chi connectivity index (χ0n) is 24.5. The molecule has 7 aromatic carbocycles. The molecule has 0 aliphatic carbocycles. The minimum atomic E-state index is 0.900. The number of hydrogen-bond acceptors (Lipinski definition) is 3. The van der Waals surface area contributed by atoms with Crippen LogP contribution in [0.5, 0.6) is 0 Å². The first-order valence-electron chi connectivity index (χ1n) is 15.5. The molecule has 0 aliphatic rings. The third-order valence-corrected chi connectivity index (χ3v) is 11.9. The Hall–Kier alpha value is -5.42. The van der Waals surface area contributed by atoms with E-state index in [0.29, 0.717) is 0 Å². The highest BCUT2D eigenvalue weighted by Gasteiger charge is 2.19. The van der Waals surface area contributed by atoms with Crippen molar-refractivity contribution in [2.24, 2.45) is 0 Å². The molecule has 0 bridgehead atoms. The van der Waals surface area contributed by atoms with Crippen LogP contribution in [-0.4, -0.2) is 4.57 Å². The van der Waals surface area contributed by atoms with Crippen LogP contribution in [0.3, 0.4) is 0 Å². The molecule has 0 fully saturated rings. The van der Waals surface area contributed by atoms with E-state index in [-0.39, 0.29) is 0 Å². The molecule has 2 nitrogen and oxygen atoms in total. The summed E-state index contributed by atoms with van der Waals surface area (Å²) in [5, 5.41) is 10.2. The molecule has 214 valence electrons. The van der Waals surface area contributed by atoms with E-state index in [2.05, 4.69) is 144 Å². The first-order chi connectivity index (χ1) is 22.8. The number of nitrogens with zero attached hydrogens (tertiary/aromatic N) is 1. The predicted octanol–water partition coefficient (Wildman–Crippen LogP) is 13.1. The SMILES string of the molecule is c1ccc2c(c1)sc1ccc(-c3ccc4c(c3)oc3cc(-n5c6ccccc6c6c7c(ccc65)sc5ccccc57)ccc34)cc12. The highest BCUT2D eigenvalue weighted by molar-refractivity contribution is 7.26. The van der Waals surface area contributed by atoms with Gasteiger partial charge in [-0.25, -0.2) is 0 Å². The van der Waals surface area contributed by atoms with Gasteiger partial charge >= 0.3 is 0 Å². The maximum absolute atomic E-state index is 6.63. The van der Waals surface area contributed by atoms with Crippen molar-refractivity contribution < 1.29 is 4.42 Å². The molecular weight excluding hydrogens is 599 g/mol. The lowest BCUT2D eigenvalue weighted by Crippen LogP contribution is -1.93. The number of hydrogen-bond donors (Lipinski definition) is 0. The average Bonchev–Trinajstić information content (AvgIpc) is 3.85. The Labute approximate surface area is 270 Å². The first kappa shape index (κ1) is 24.8. The Balaban J connectivity index is 1.10. The average molecular weight is 622 g/mol. The molecular formula is C42H23NOS2. The Kier molecular flexibility index (Phi) is 4.90. The molecule has 0 saturated heterocycles. The van der Waals surface area contributed by atoms with Crippen LogP contribution in [0.1, 0.15) is 0 Å². The lowest BCUT2D eigenvalue weighted by atomic mass is 10.0. The molecule has 0 N–H and O–H groups in total. The van der Waals surface area contributed by atoms with Crippen molar-refractivity contribution in [1.29, 1.82) is 0 Å². The number of para-hydroxylation sites is 1. The van der Waals surface area contributed by atoms with Crippen LogP contribution in [0.4, 0.5) is 0 Å². The van der Waals surface area contributed by atoms with Gasteiger partial charge in [0.25, 0.3) is 0 Å². The molecule has 11 aromatic rings. The maximum atomic E-state index is 6.63. The minimum Gasteiger partial charge on any atom is -0.456 e. The van der Waals surface area contributed by atoms with Crippen molar-refractivity contribution in [3.05, 3.63) is 140 Å². The second-order valence-corrected chi connectivity index (χ2v) is 14.3. The molecule has 0 saturated carbocycles. The van der Waals surface area contributed by atoms with E-state index in [1.54, 1.807) is 0 Å². The van der Waals surface area contributed by atoms with Crippen LogP contribution < -0.4 is 0 Å². The summed E-state index contributed by atoms with van der Waals surface area (Å²) < 4.78 is 14.3. The topological polar surface area (TPSA) is 18.1 Å². The van der Waals surface area contributed by atoms with E-state index >= 15 is 0 Å². The van der Waals surface area contributed by atoms with Gasteiger partial charge in [0.05, 0.1) is 11.0 Å². The van der Waals surface area contributed by atoms with Crippen LogP contribution >= 0.6 is 22.7 Å². The van der Waals surface area contributed by atoms with E-state index in [1.165, 1.54) is 73.3 Å². The van der Waals surface area contributed by atoms with Gasteiger partial charge < -0.3 is 8.98 Å². The molecule has 46 heavy (non-hydrogen) atoms. The number of benzene rings is 7. The highest BCUT2D eigenvalue weighted by atomic mass is 32.1. The normalized spacial score (nSPS) is 12.3. The molecule has 0 unspecified atom stereocenters. The third kappa shape index (κ3) is 3.35. The lowest BCUT2D eigenvalue weighted by molar-refractivity contribution is 0.669. The van der Waals surface area contributed by atoms with E-state index in [0.717, 1.165) is 27.6 Å². The third-order valence-electron chi connectivity index (χ3n) is 9.60. The molecule has 4 heterocycles. The highest BCUT2D eigenvalue weighted by Crippen LogP contribution is 2.44. The largest absolute Gasteiger partial charge is 0.456 e. The van der Waals surface area contributed by atoms with Gasteiger partial charge in [0.1, 0.15) is 11.2 Å². The summed E-state index contributed by atoms with van der Waals surface area (Å²) in [6.07, 6.45) is 0. The fourth-order valence-electron chi connectivity index (χ4n) is 7.54. The molecule has 0 atom stereocenters. The molecule has 11 rings (SSSR count). The second kappa shape index (κ2) is 9.07. The quantitative estimate of drug-likeness (QED) is 0.188.